The van der Waals surface area contributed by atoms with Crippen LogP contribution in [0.2, 0.25) is 19.6 Å². The Morgan fingerprint density at radius 3 is 2.36 bits per heavy atom. The van der Waals surface area contributed by atoms with E-state index in [0.29, 0.717) is 0 Å². The molecule has 0 radical (unpaired) electrons. The molecule has 0 rings (SSSR count). The number of esters is 1. The maximum Gasteiger partial charge on any atom is 0.371 e. The van der Waals surface area contributed by atoms with E-state index in [2.05, 4.69) is 6.58 Å². The molecule has 3 nitrogen and oxygen atoms in total. The fraction of sp³-hybridized carbons (Fsp3) is 0.667. The van der Waals surface area contributed by atoms with Crippen LogP contribution in [0.1, 0.15) is 13.3 Å². The maximum absolute atomic E-state index is 11.4. The highest BCUT2D eigenvalue weighted by molar-refractivity contribution is 6.70. The van der Waals surface area contributed by atoms with Gasteiger partial charge in [-0.3, -0.25) is 0 Å². The number of rotatable bonds is 5. The molecule has 0 N–H and O–H groups in total. The molecule has 0 saturated heterocycles. The molecular weight excluding hydrogens is 212 g/mol. The van der Waals surface area contributed by atoms with E-state index >= 15 is 0 Å². The Kier molecular flexibility index (Phi) is 5.14. The third-order valence-corrected chi connectivity index (χ3v) is 3.45. The van der Waals surface area contributed by atoms with E-state index < -0.39 is 14.3 Å². The van der Waals surface area contributed by atoms with Crippen LogP contribution >= 0.6 is 0 Å². The number of carbonyl (C=O) groups is 1. The zero-order valence-corrected chi connectivity index (χ0v) is 12.7. The monoisotopic (exact) mass is 232 g/mol. The van der Waals surface area contributed by atoms with E-state index in [0.717, 1.165) is 16.7 Å². The highest BCUT2D eigenvalue weighted by atomic mass is 28.4. The van der Waals surface area contributed by atoms with E-state index in [9.17, 15) is 4.79 Å². The molecule has 0 aromatic rings. The van der Waals surface area contributed by atoms with E-state index in [1.807, 2.05) is 26.6 Å². The van der Waals surface area contributed by atoms with Crippen molar-refractivity contribution in [2.24, 2.45) is 0 Å². The Morgan fingerprint density at radius 1 is 1.50 bits per heavy atom. The van der Waals surface area contributed by atoms with Gasteiger partial charge >= 0.3 is 5.97 Å². The normalized spacial score (nSPS) is 13.4. The van der Waals surface area contributed by atoms with Crippen molar-refractivity contribution in [1.29, 1.82) is 0 Å². The van der Waals surface area contributed by atoms with Gasteiger partial charge in [-0.15, -0.1) is 0 Å². The summed E-state index contributed by atoms with van der Waals surface area (Å²) in [7, 11) is -0.886. The second-order valence-corrected chi connectivity index (χ2v) is 9.98. The minimum Gasteiger partial charge on any atom is -0.540 e. The van der Waals surface area contributed by atoms with Gasteiger partial charge in [-0.2, -0.15) is 0 Å². The third-order valence-electron chi connectivity index (χ3n) is 1.54. The van der Waals surface area contributed by atoms with E-state index in [4.69, 9.17) is 9.16 Å². The van der Waals surface area contributed by atoms with Crippen molar-refractivity contribution in [2.75, 3.05) is 0 Å². The van der Waals surface area contributed by atoms with Gasteiger partial charge in [0.15, 0.2) is 5.76 Å². The predicted octanol–water partition coefficient (Wildman–Crippen LogP) is 0.996. The minimum atomic E-state index is -1.73. The van der Waals surface area contributed by atoms with Crippen molar-refractivity contribution in [3.8, 4) is 0 Å². The summed E-state index contributed by atoms with van der Waals surface area (Å²) in [5, 5.41) is 0. The van der Waals surface area contributed by atoms with Gasteiger partial charge in [0.05, 0.1) is 16.0 Å². The molecule has 0 aliphatic carbocycles. The van der Waals surface area contributed by atoms with Crippen LogP contribution in [0.3, 0.4) is 0 Å². The average Bonchev–Trinajstić information content (AvgIpc) is 2.00. The summed E-state index contributed by atoms with van der Waals surface area (Å²) in [6.45, 7) is 11.6. The lowest BCUT2D eigenvalue weighted by molar-refractivity contribution is -0.143. The second kappa shape index (κ2) is 5.36. The van der Waals surface area contributed by atoms with Gasteiger partial charge in [0.2, 0.25) is 8.32 Å². The topological polar surface area (TPSA) is 35.5 Å². The van der Waals surface area contributed by atoms with Crippen molar-refractivity contribution in [3.63, 3.8) is 0 Å². The van der Waals surface area contributed by atoms with Gasteiger partial charge in [0, 0.05) is 0 Å². The maximum atomic E-state index is 11.4. The SMILES string of the molecule is C=C(O[Si](C)(C)C)C(=O)OC([SiH3])CC. The quantitative estimate of drug-likeness (QED) is 0.307. The molecule has 0 aromatic carbocycles. The number of hydrogen-bond acceptors (Lipinski definition) is 3. The highest BCUT2D eigenvalue weighted by Gasteiger charge is 2.22. The molecule has 0 fully saturated rings. The minimum absolute atomic E-state index is 0.0597. The Bertz CT molecular complexity index is 221. The van der Waals surface area contributed by atoms with E-state index in [1.165, 1.54) is 0 Å². The summed E-state index contributed by atoms with van der Waals surface area (Å²) < 4.78 is 10.6. The summed E-state index contributed by atoms with van der Waals surface area (Å²) in [4.78, 5) is 11.4. The summed E-state index contributed by atoms with van der Waals surface area (Å²) in [5.41, 5.74) is 0.0597. The van der Waals surface area contributed by atoms with Gasteiger partial charge in [0.25, 0.3) is 0 Å². The highest BCUT2D eigenvalue weighted by Crippen LogP contribution is 2.10. The van der Waals surface area contributed by atoms with Crippen molar-refractivity contribution in [1.82, 2.24) is 0 Å². The summed E-state index contributed by atoms with van der Waals surface area (Å²) in [6.07, 6.45) is 0.859. The van der Waals surface area contributed by atoms with Crippen LogP contribution in [0, 0.1) is 0 Å². The van der Waals surface area contributed by atoms with Gasteiger partial charge < -0.3 is 9.16 Å². The van der Waals surface area contributed by atoms with Crippen molar-refractivity contribution < 1.29 is 14.0 Å². The molecule has 0 spiro atoms. The molecule has 0 aliphatic heterocycles. The summed E-state index contributed by atoms with van der Waals surface area (Å²) >= 11 is 0. The molecule has 0 saturated carbocycles. The molecule has 14 heavy (non-hydrogen) atoms. The molecule has 0 heterocycles. The Balaban J connectivity index is 4.08. The first-order valence-corrected chi connectivity index (χ1v) is 9.41. The Morgan fingerprint density at radius 2 is 2.00 bits per heavy atom. The zero-order chi connectivity index (χ0) is 11.4. The molecule has 0 bridgehead atoms. The predicted molar refractivity (Wildman–Crippen MR) is 63.7 cm³/mol. The summed E-state index contributed by atoms with van der Waals surface area (Å²) in [6, 6.07) is 0. The molecule has 5 heteroatoms. The standard InChI is InChI=1S/C9H20O3Si2/c1-6-8(13)11-9(10)7(2)12-14(3,4)5/h8H,2,6H2,1,3-5,13H3. The first kappa shape index (κ1) is 13.4. The van der Waals surface area contributed by atoms with Gasteiger partial charge in [0.1, 0.15) is 0 Å². The first-order chi connectivity index (χ1) is 6.26. The van der Waals surface area contributed by atoms with Crippen molar-refractivity contribution >= 4 is 24.5 Å². The first-order valence-electron chi connectivity index (χ1n) is 4.85. The fourth-order valence-electron chi connectivity index (χ4n) is 0.743. The second-order valence-electron chi connectivity index (χ2n) is 4.26. The van der Waals surface area contributed by atoms with E-state index in [-0.39, 0.29) is 11.5 Å². The Labute approximate surface area is 90.0 Å². The zero-order valence-electron chi connectivity index (χ0n) is 9.72. The lowest BCUT2D eigenvalue weighted by Crippen LogP contribution is -2.29. The smallest absolute Gasteiger partial charge is 0.371 e. The molecule has 0 aliphatic rings. The van der Waals surface area contributed by atoms with Crippen LogP contribution < -0.4 is 0 Å². The van der Waals surface area contributed by atoms with Gasteiger partial charge in [-0.1, -0.05) is 13.5 Å². The van der Waals surface area contributed by atoms with Crippen LogP contribution in [0.4, 0.5) is 0 Å². The van der Waals surface area contributed by atoms with Crippen LogP contribution in [0.25, 0.3) is 0 Å². The Hall–Kier alpha value is -0.556. The number of carbonyl (C=O) groups excluding carboxylic acids is 1. The lowest BCUT2D eigenvalue weighted by Gasteiger charge is -2.21. The molecular formula is C9H20O3Si2. The molecule has 1 atom stereocenters. The van der Waals surface area contributed by atoms with Crippen molar-refractivity contribution in [3.05, 3.63) is 12.3 Å². The van der Waals surface area contributed by atoms with E-state index in [1.54, 1.807) is 0 Å². The average molecular weight is 232 g/mol. The largest absolute Gasteiger partial charge is 0.540 e. The lowest BCUT2D eigenvalue weighted by atomic mass is 10.5. The number of hydrogen-bond donors (Lipinski definition) is 0. The fourth-order valence-corrected chi connectivity index (χ4v) is 1.78. The molecule has 82 valence electrons. The summed E-state index contributed by atoms with van der Waals surface area (Å²) in [5.74, 6) is -0.257. The molecule has 1 unspecified atom stereocenters. The van der Waals surface area contributed by atoms with Gasteiger partial charge in [-0.05, 0) is 26.1 Å². The van der Waals surface area contributed by atoms with Crippen LogP contribution in [0.15, 0.2) is 12.3 Å². The van der Waals surface area contributed by atoms with Crippen LogP contribution in [-0.2, 0) is 14.0 Å². The van der Waals surface area contributed by atoms with Gasteiger partial charge in [-0.25, -0.2) is 4.79 Å². The third kappa shape index (κ3) is 5.98. The number of ether oxygens (including phenoxy) is 1. The van der Waals surface area contributed by atoms with Crippen LogP contribution in [0.5, 0.6) is 0 Å². The molecule has 0 amide bonds. The van der Waals surface area contributed by atoms with Crippen molar-refractivity contribution in [2.45, 2.75) is 38.7 Å². The molecule has 0 aromatic heterocycles. The van der Waals surface area contributed by atoms with Crippen LogP contribution in [-0.4, -0.2) is 30.3 Å².